The van der Waals surface area contributed by atoms with Gasteiger partial charge in [-0.2, -0.15) is 0 Å². The molecule has 0 aliphatic carbocycles. The zero-order chi connectivity index (χ0) is 15.3. The summed E-state index contributed by atoms with van der Waals surface area (Å²) in [5, 5.41) is 0. The standard InChI is InChI=1S/C12H21N3O3P3/c16-19-10-7-13-1-2-14(8-11-20-17)5-6-15(4-3-13)9-12-21-18/h16-18H,1-9H2/q+3. The van der Waals surface area contributed by atoms with Gasteiger partial charge in [0.2, 0.25) is 0 Å². The average Bonchev–Trinajstić information content (AvgIpc) is 2.60. The number of rotatable bonds is 3. The van der Waals surface area contributed by atoms with E-state index >= 15 is 0 Å². The maximum atomic E-state index is 8.85. The molecule has 0 aromatic carbocycles. The van der Waals surface area contributed by atoms with Gasteiger partial charge in [-0.15, -0.1) is 0 Å². The quantitative estimate of drug-likeness (QED) is 0.640. The summed E-state index contributed by atoms with van der Waals surface area (Å²) in [4.78, 5) is 33.3. The van der Waals surface area contributed by atoms with Crippen molar-refractivity contribution in [2.24, 2.45) is 0 Å². The zero-order valence-corrected chi connectivity index (χ0v) is 14.6. The van der Waals surface area contributed by atoms with E-state index in [0.29, 0.717) is 19.6 Å². The van der Waals surface area contributed by atoms with Gasteiger partial charge in [-0.1, -0.05) is 0 Å². The van der Waals surface area contributed by atoms with E-state index in [1.165, 1.54) is 0 Å². The second-order valence-electron chi connectivity index (χ2n) is 4.60. The van der Waals surface area contributed by atoms with Gasteiger partial charge in [0.15, 0.2) is 0 Å². The Hall–Kier alpha value is 0.390. The minimum absolute atomic E-state index is 0.191. The summed E-state index contributed by atoms with van der Waals surface area (Å²) in [5.41, 5.74) is 8.72. The van der Waals surface area contributed by atoms with Crippen molar-refractivity contribution >= 4 is 24.8 Å². The van der Waals surface area contributed by atoms with Gasteiger partial charge < -0.3 is 0 Å². The van der Waals surface area contributed by atoms with Crippen LogP contribution < -0.4 is 0 Å². The third-order valence-corrected chi connectivity index (χ3v) is 4.14. The maximum absolute atomic E-state index is 8.85. The molecule has 0 saturated carbocycles. The van der Waals surface area contributed by atoms with Gasteiger partial charge in [0.25, 0.3) is 0 Å². The number of hydrogen-bond acceptors (Lipinski definition) is 6. The van der Waals surface area contributed by atoms with Gasteiger partial charge in [0, 0.05) is 0 Å². The molecule has 114 valence electrons. The zero-order valence-electron chi connectivity index (χ0n) is 11.9. The topological polar surface area (TPSA) is 70.4 Å². The van der Waals surface area contributed by atoms with Crippen molar-refractivity contribution in [3.05, 3.63) is 0 Å². The summed E-state index contributed by atoms with van der Waals surface area (Å²) in [6.07, 6.45) is 0. The molecule has 6 nitrogen and oxygen atoms in total. The van der Waals surface area contributed by atoms with Crippen molar-refractivity contribution in [2.75, 3.05) is 58.9 Å². The normalized spacial score (nSPS) is 18.4. The first kappa shape index (κ1) is 19.4. The molecule has 1 heterocycles. The predicted octanol–water partition coefficient (Wildman–Crippen LogP) is 0.344. The van der Waals surface area contributed by atoms with E-state index in [2.05, 4.69) is 31.6 Å². The van der Waals surface area contributed by atoms with Gasteiger partial charge >= 0.3 is 130 Å². The molecule has 0 spiro atoms. The summed E-state index contributed by atoms with van der Waals surface area (Å²) in [6, 6.07) is 0. The van der Waals surface area contributed by atoms with Crippen LogP contribution in [0.5, 0.6) is 0 Å². The van der Waals surface area contributed by atoms with Crippen LogP contribution in [0.25, 0.3) is 0 Å². The van der Waals surface area contributed by atoms with Crippen molar-refractivity contribution in [3.8, 4) is 16.9 Å². The van der Waals surface area contributed by atoms with Gasteiger partial charge in [-0.3, -0.25) is 0 Å². The van der Waals surface area contributed by atoms with E-state index in [1.54, 1.807) is 0 Å². The fourth-order valence-corrected chi connectivity index (χ4v) is 2.84. The van der Waals surface area contributed by atoms with Crippen molar-refractivity contribution in [3.63, 3.8) is 0 Å². The Balaban J connectivity index is 2.66. The van der Waals surface area contributed by atoms with Gasteiger partial charge in [0.05, 0.1) is 0 Å². The van der Waals surface area contributed by atoms with Crippen LogP contribution in [0.3, 0.4) is 0 Å². The molecule has 21 heavy (non-hydrogen) atoms. The van der Waals surface area contributed by atoms with Crippen molar-refractivity contribution in [1.82, 2.24) is 14.7 Å². The Morgan fingerprint density at radius 2 is 0.810 bits per heavy atom. The Kier molecular flexibility index (Phi) is 11.9. The van der Waals surface area contributed by atoms with Crippen LogP contribution in [0.4, 0.5) is 0 Å². The molecule has 1 saturated heterocycles. The molecule has 0 amide bonds. The first-order valence-corrected chi connectivity index (χ1v) is 9.22. The number of hydrogen-bond donors (Lipinski definition) is 3. The summed E-state index contributed by atoms with van der Waals surface area (Å²) in [7, 11) is 0.574. The second-order valence-corrected chi connectivity index (χ2v) is 6.15. The molecular weight excluding hydrogens is 327 g/mol. The monoisotopic (exact) mass is 348 g/mol. The third-order valence-electron chi connectivity index (χ3n) is 3.29. The van der Waals surface area contributed by atoms with Crippen LogP contribution in [-0.2, 0) is 0 Å². The molecule has 1 fully saturated rings. The summed E-state index contributed by atoms with van der Waals surface area (Å²) in [6.45, 7) is 7.28. The molecular formula is C12H21N3O3P3+3. The SMILES string of the molecule is O[P+]#CCN1CCN(CC#[P+]O)CCN(CC#[P+]O)CC1. The molecule has 3 N–H and O–H groups in total. The van der Waals surface area contributed by atoms with E-state index in [1.807, 2.05) is 0 Å². The molecule has 1 rings (SSSR count). The summed E-state index contributed by atoms with van der Waals surface area (Å²) >= 11 is 0. The number of nitrogens with zero attached hydrogens (tertiary/aromatic N) is 3. The van der Waals surface area contributed by atoms with Crippen LogP contribution in [0, 0.1) is 16.9 Å². The third kappa shape index (κ3) is 9.19. The first-order valence-electron chi connectivity index (χ1n) is 6.68. The molecule has 0 unspecified atom stereocenters. The van der Waals surface area contributed by atoms with Gasteiger partial charge in [-0.25, -0.2) is 0 Å². The van der Waals surface area contributed by atoms with E-state index in [0.717, 1.165) is 39.3 Å². The fourth-order valence-electron chi connectivity index (χ4n) is 2.05. The molecule has 1 aliphatic heterocycles. The molecule has 9 heteroatoms. The Morgan fingerprint density at radius 3 is 1.00 bits per heavy atom. The van der Waals surface area contributed by atoms with Crippen molar-refractivity contribution in [2.45, 2.75) is 0 Å². The van der Waals surface area contributed by atoms with Crippen molar-refractivity contribution in [1.29, 1.82) is 0 Å². The van der Waals surface area contributed by atoms with Crippen LogP contribution in [-0.4, -0.2) is 88.3 Å². The van der Waals surface area contributed by atoms with E-state index < -0.39 is 0 Å². The van der Waals surface area contributed by atoms with E-state index in [4.69, 9.17) is 14.7 Å². The van der Waals surface area contributed by atoms with Crippen LogP contribution >= 0.6 is 24.8 Å². The van der Waals surface area contributed by atoms with Crippen LogP contribution in [0.15, 0.2) is 0 Å². The Morgan fingerprint density at radius 1 is 0.571 bits per heavy atom. The second kappa shape index (κ2) is 12.9. The van der Waals surface area contributed by atoms with Crippen molar-refractivity contribution < 1.29 is 14.7 Å². The minimum atomic E-state index is 0.191. The summed E-state index contributed by atoms with van der Waals surface area (Å²) < 4.78 is 0. The first-order chi connectivity index (χ1) is 10.3. The Labute approximate surface area is 130 Å². The molecule has 1 aliphatic rings. The average molecular weight is 348 g/mol. The fraction of sp³-hybridized carbons (Fsp3) is 0.750. The van der Waals surface area contributed by atoms with E-state index in [9.17, 15) is 0 Å². The molecule has 0 aromatic rings. The molecule has 0 bridgehead atoms. The van der Waals surface area contributed by atoms with Crippen LogP contribution in [0.2, 0.25) is 0 Å². The summed E-state index contributed by atoms with van der Waals surface area (Å²) in [5.74, 6) is 0. The molecule has 0 radical (unpaired) electrons. The molecule has 0 aromatic heterocycles. The van der Waals surface area contributed by atoms with Crippen LogP contribution in [0.1, 0.15) is 0 Å². The van der Waals surface area contributed by atoms with Gasteiger partial charge in [0.1, 0.15) is 0 Å². The Bertz CT molecular complexity index is 403. The predicted molar refractivity (Wildman–Crippen MR) is 88.4 cm³/mol. The molecule has 0 atom stereocenters. The van der Waals surface area contributed by atoms with E-state index in [-0.39, 0.29) is 24.8 Å². The van der Waals surface area contributed by atoms with Gasteiger partial charge in [-0.05, 0) is 0 Å².